The Bertz CT molecular complexity index is 842. The average Bonchev–Trinajstić information content (AvgIpc) is 2.79. The van der Waals surface area contributed by atoms with Crippen molar-refractivity contribution in [2.45, 2.75) is 50.1 Å². The summed E-state index contributed by atoms with van der Waals surface area (Å²) >= 11 is 1.71. The van der Waals surface area contributed by atoms with Gasteiger partial charge in [0.05, 0.1) is 22.4 Å². The van der Waals surface area contributed by atoms with Gasteiger partial charge in [-0.15, -0.1) is 10.2 Å². The second-order valence-electron chi connectivity index (χ2n) is 5.89. The Morgan fingerprint density at radius 1 is 1.04 bits per heavy atom. The summed E-state index contributed by atoms with van der Waals surface area (Å²) in [4.78, 5) is 9.42. The zero-order valence-electron chi connectivity index (χ0n) is 13.2. The van der Waals surface area contributed by atoms with Gasteiger partial charge in [0.1, 0.15) is 5.82 Å². The van der Waals surface area contributed by atoms with Crippen LogP contribution in [0.2, 0.25) is 0 Å². The molecule has 3 aromatic rings. The molecule has 6 heteroatoms. The maximum absolute atomic E-state index is 4.76. The number of rotatable bonds is 3. The van der Waals surface area contributed by atoms with Crippen molar-refractivity contribution in [2.24, 2.45) is 0 Å². The third kappa shape index (κ3) is 2.95. The van der Waals surface area contributed by atoms with Crippen molar-refractivity contribution in [1.82, 2.24) is 24.7 Å². The van der Waals surface area contributed by atoms with Gasteiger partial charge in [-0.05, 0) is 31.9 Å². The molecule has 1 aromatic carbocycles. The van der Waals surface area contributed by atoms with Gasteiger partial charge < -0.3 is 4.57 Å². The highest BCUT2D eigenvalue weighted by Crippen LogP contribution is 2.25. The SMILES string of the molecule is Cc1nc2ccccc2nc1CSc1nnc2n1CCCCC2. The molecule has 1 aliphatic heterocycles. The van der Waals surface area contributed by atoms with Gasteiger partial charge in [-0.25, -0.2) is 9.97 Å². The molecule has 4 rings (SSSR count). The molecule has 0 N–H and O–H groups in total. The summed E-state index contributed by atoms with van der Waals surface area (Å²) in [6, 6.07) is 8.02. The highest BCUT2D eigenvalue weighted by molar-refractivity contribution is 7.98. The topological polar surface area (TPSA) is 56.5 Å². The van der Waals surface area contributed by atoms with Gasteiger partial charge in [0.2, 0.25) is 0 Å². The van der Waals surface area contributed by atoms with E-state index >= 15 is 0 Å². The molecule has 0 fully saturated rings. The van der Waals surface area contributed by atoms with Crippen LogP contribution in [0.1, 0.15) is 36.5 Å². The number of hydrogen-bond acceptors (Lipinski definition) is 5. The van der Waals surface area contributed by atoms with Gasteiger partial charge in [0.15, 0.2) is 5.16 Å². The van der Waals surface area contributed by atoms with Crippen molar-refractivity contribution in [3.63, 3.8) is 0 Å². The second kappa shape index (κ2) is 6.28. The minimum Gasteiger partial charge on any atom is -0.306 e. The molecule has 0 aliphatic carbocycles. The molecule has 118 valence electrons. The van der Waals surface area contributed by atoms with E-state index in [4.69, 9.17) is 4.98 Å². The quantitative estimate of drug-likeness (QED) is 0.689. The Morgan fingerprint density at radius 2 is 1.87 bits per heavy atom. The van der Waals surface area contributed by atoms with Crippen molar-refractivity contribution in [1.29, 1.82) is 0 Å². The van der Waals surface area contributed by atoms with E-state index in [1.54, 1.807) is 11.8 Å². The fourth-order valence-electron chi connectivity index (χ4n) is 2.96. The summed E-state index contributed by atoms with van der Waals surface area (Å²) in [5.41, 5.74) is 3.93. The number of para-hydroxylation sites is 2. The van der Waals surface area contributed by atoms with Crippen LogP contribution in [-0.4, -0.2) is 24.7 Å². The number of aromatic nitrogens is 5. The van der Waals surface area contributed by atoms with Crippen LogP contribution in [0.15, 0.2) is 29.4 Å². The van der Waals surface area contributed by atoms with Gasteiger partial charge in [-0.2, -0.15) is 0 Å². The maximum atomic E-state index is 4.76. The molecule has 0 atom stereocenters. The molecule has 23 heavy (non-hydrogen) atoms. The van der Waals surface area contributed by atoms with Gasteiger partial charge in [-0.3, -0.25) is 0 Å². The Balaban J connectivity index is 1.57. The predicted molar refractivity (Wildman–Crippen MR) is 91.4 cm³/mol. The van der Waals surface area contributed by atoms with E-state index in [1.165, 1.54) is 19.3 Å². The summed E-state index contributed by atoms with van der Waals surface area (Å²) in [5.74, 6) is 1.91. The smallest absolute Gasteiger partial charge is 0.191 e. The predicted octanol–water partition coefficient (Wildman–Crippen LogP) is 3.55. The zero-order chi connectivity index (χ0) is 15.6. The Labute approximate surface area is 139 Å². The van der Waals surface area contributed by atoms with Crippen LogP contribution in [0.25, 0.3) is 11.0 Å². The minimum absolute atomic E-state index is 0.780. The summed E-state index contributed by atoms with van der Waals surface area (Å²) in [6.45, 7) is 3.06. The Morgan fingerprint density at radius 3 is 2.74 bits per heavy atom. The van der Waals surface area contributed by atoms with Crippen LogP contribution in [0.3, 0.4) is 0 Å². The molecule has 0 unspecified atom stereocenters. The number of aryl methyl sites for hydroxylation is 2. The molecule has 0 radical (unpaired) electrons. The van der Waals surface area contributed by atoms with Crippen molar-refractivity contribution >= 4 is 22.8 Å². The Hall–Kier alpha value is -1.95. The number of nitrogens with zero attached hydrogens (tertiary/aromatic N) is 5. The molecule has 0 saturated carbocycles. The van der Waals surface area contributed by atoms with Crippen molar-refractivity contribution in [3.8, 4) is 0 Å². The highest BCUT2D eigenvalue weighted by atomic mass is 32.2. The molecule has 0 amide bonds. The van der Waals surface area contributed by atoms with E-state index in [-0.39, 0.29) is 0 Å². The molecular weight excluding hydrogens is 306 g/mol. The zero-order valence-corrected chi connectivity index (χ0v) is 14.0. The Kier molecular flexibility index (Phi) is 3.99. The van der Waals surface area contributed by atoms with Crippen molar-refractivity contribution in [3.05, 3.63) is 41.5 Å². The van der Waals surface area contributed by atoms with Crippen LogP contribution in [0, 0.1) is 6.92 Å². The third-order valence-electron chi connectivity index (χ3n) is 4.26. The van der Waals surface area contributed by atoms with E-state index < -0.39 is 0 Å². The molecule has 0 bridgehead atoms. The lowest BCUT2D eigenvalue weighted by molar-refractivity contribution is 0.591. The minimum atomic E-state index is 0.780. The standard InChI is InChI=1S/C17H19N5S/c1-12-15(19-14-8-5-4-7-13(14)18-12)11-23-17-21-20-16-9-3-2-6-10-22(16)17/h4-5,7-8H,2-3,6,9-11H2,1H3. The summed E-state index contributed by atoms with van der Waals surface area (Å²) in [5, 5.41) is 9.74. The van der Waals surface area contributed by atoms with E-state index in [2.05, 4.69) is 19.7 Å². The maximum Gasteiger partial charge on any atom is 0.191 e. The first-order valence-corrected chi connectivity index (χ1v) is 9.07. The number of fused-ring (bicyclic) bond motifs is 2. The van der Waals surface area contributed by atoms with E-state index in [9.17, 15) is 0 Å². The van der Waals surface area contributed by atoms with Gasteiger partial charge in [0, 0.05) is 18.7 Å². The van der Waals surface area contributed by atoms with Crippen LogP contribution in [0.5, 0.6) is 0 Å². The van der Waals surface area contributed by atoms with Crippen LogP contribution < -0.4 is 0 Å². The normalized spacial score (nSPS) is 14.7. The lowest BCUT2D eigenvalue weighted by atomic mass is 10.2. The largest absolute Gasteiger partial charge is 0.306 e. The third-order valence-corrected chi connectivity index (χ3v) is 5.23. The number of thioether (sulfide) groups is 1. The molecule has 0 spiro atoms. The number of benzene rings is 1. The molecule has 3 heterocycles. The number of hydrogen-bond donors (Lipinski definition) is 0. The van der Waals surface area contributed by atoms with Crippen LogP contribution in [-0.2, 0) is 18.7 Å². The summed E-state index contributed by atoms with van der Waals surface area (Å²) < 4.78 is 2.28. The van der Waals surface area contributed by atoms with E-state index in [0.29, 0.717) is 0 Å². The van der Waals surface area contributed by atoms with Crippen LogP contribution >= 0.6 is 11.8 Å². The molecular formula is C17H19N5S. The van der Waals surface area contributed by atoms with Gasteiger partial charge >= 0.3 is 0 Å². The fourth-order valence-corrected chi connectivity index (χ4v) is 3.95. The van der Waals surface area contributed by atoms with Crippen molar-refractivity contribution in [2.75, 3.05) is 0 Å². The average molecular weight is 325 g/mol. The first-order valence-electron chi connectivity index (χ1n) is 8.08. The molecule has 1 aliphatic rings. The lowest BCUT2D eigenvalue weighted by Gasteiger charge is -2.08. The van der Waals surface area contributed by atoms with Crippen LogP contribution in [0.4, 0.5) is 0 Å². The monoisotopic (exact) mass is 325 g/mol. The first-order chi connectivity index (χ1) is 11.3. The summed E-state index contributed by atoms with van der Waals surface area (Å²) in [7, 11) is 0. The highest BCUT2D eigenvalue weighted by Gasteiger charge is 2.16. The molecule has 2 aromatic heterocycles. The van der Waals surface area contributed by atoms with Gasteiger partial charge in [0.25, 0.3) is 0 Å². The van der Waals surface area contributed by atoms with E-state index in [1.807, 2.05) is 31.2 Å². The molecule has 5 nitrogen and oxygen atoms in total. The van der Waals surface area contributed by atoms with Gasteiger partial charge in [-0.1, -0.05) is 30.3 Å². The first kappa shape index (κ1) is 14.6. The van der Waals surface area contributed by atoms with Crippen molar-refractivity contribution < 1.29 is 0 Å². The van der Waals surface area contributed by atoms with E-state index in [0.717, 1.165) is 52.1 Å². The lowest BCUT2D eigenvalue weighted by Crippen LogP contribution is -2.03. The second-order valence-corrected chi connectivity index (χ2v) is 6.84. The molecule has 0 saturated heterocycles. The fraction of sp³-hybridized carbons (Fsp3) is 0.412. The summed E-state index contributed by atoms with van der Waals surface area (Å²) in [6.07, 6.45) is 4.76.